The number of carbonyl (C=O) groups is 1. The molecule has 1 amide bonds. The Morgan fingerprint density at radius 2 is 2.42 bits per heavy atom. The maximum absolute atomic E-state index is 11.1. The highest BCUT2D eigenvalue weighted by Crippen LogP contribution is 2.25. The highest BCUT2D eigenvalue weighted by atomic mass is 35.5. The zero-order chi connectivity index (χ0) is 14.0. The van der Waals surface area contributed by atoms with Crippen molar-refractivity contribution >= 4 is 23.3 Å². The van der Waals surface area contributed by atoms with Crippen molar-refractivity contribution in [3.05, 3.63) is 22.8 Å². The molecule has 1 aromatic heterocycles. The second-order valence-corrected chi connectivity index (χ2v) is 5.60. The lowest BCUT2D eigenvalue weighted by atomic mass is 10.1. The molecular formula is C13H19ClN4O. The zero-order valence-electron chi connectivity index (χ0n) is 11.3. The van der Waals surface area contributed by atoms with Crippen LogP contribution in [0.3, 0.4) is 0 Å². The minimum atomic E-state index is -0.513. The van der Waals surface area contributed by atoms with Gasteiger partial charge in [0.15, 0.2) is 0 Å². The van der Waals surface area contributed by atoms with Gasteiger partial charge in [0, 0.05) is 26.3 Å². The lowest BCUT2D eigenvalue weighted by molar-refractivity contribution is 0.1000. The van der Waals surface area contributed by atoms with Crippen molar-refractivity contribution in [2.75, 3.05) is 38.6 Å². The third kappa shape index (κ3) is 3.36. The van der Waals surface area contributed by atoms with Gasteiger partial charge in [-0.05, 0) is 32.0 Å². The Kier molecular flexibility index (Phi) is 4.27. The monoisotopic (exact) mass is 282 g/mol. The molecule has 2 N–H and O–H groups in total. The van der Waals surface area contributed by atoms with Gasteiger partial charge in [-0.3, -0.25) is 4.79 Å². The molecule has 1 aromatic rings. The van der Waals surface area contributed by atoms with E-state index in [0.29, 0.717) is 22.3 Å². The van der Waals surface area contributed by atoms with Crippen molar-refractivity contribution < 1.29 is 4.79 Å². The van der Waals surface area contributed by atoms with Gasteiger partial charge in [0.25, 0.3) is 0 Å². The summed E-state index contributed by atoms with van der Waals surface area (Å²) in [4.78, 5) is 19.7. The number of anilines is 1. The second-order valence-electron chi connectivity index (χ2n) is 5.19. The average molecular weight is 283 g/mol. The van der Waals surface area contributed by atoms with Crippen LogP contribution in [0.25, 0.3) is 0 Å². The summed E-state index contributed by atoms with van der Waals surface area (Å²) in [6.07, 6.45) is 2.67. The number of primary amides is 1. The van der Waals surface area contributed by atoms with Crippen LogP contribution in [-0.4, -0.2) is 49.5 Å². The van der Waals surface area contributed by atoms with Crippen LogP contribution < -0.4 is 10.6 Å². The molecule has 1 atom stereocenters. The molecule has 0 aromatic carbocycles. The Morgan fingerprint density at radius 1 is 1.68 bits per heavy atom. The molecule has 2 rings (SSSR count). The molecule has 1 saturated heterocycles. The number of aromatic nitrogens is 1. The van der Waals surface area contributed by atoms with E-state index in [9.17, 15) is 4.79 Å². The summed E-state index contributed by atoms with van der Waals surface area (Å²) < 4.78 is 0. The van der Waals surface area contributed by atoms with Crippen LogP contribution in [0.4, 0.5) is 5.82 Å². The minimum absolute atomic E-state index is 0.336. The molecule has 5 nitrogen and oxygen atoms in total. The lowest BCUT2D eigenvalue weighted by Gasteiger charge is -2.23. The van der Waals surface area contributed by atoms with Crippen molar-refractivity contribution in [1.82, 2.24) is 9.88 Å². The van der Waals surface area contributed by atoms with E-state index in [4.69, 9.17) is 17.3 Å². The van der Waals surface area contributed by atoms with Gasteiger partial charge >= 0.3 is 0 Å². The first kappa shape index (κ1) is 14.1. The molecule has 0 saturated carbocycles. The molecule has 1 fully saturated rings. The van der Waals surface area contributed by atoms with Crippen LogP contribution in [0.2, 0.25) is 5.02 Å². The molecule has 0 bridgehead atoms. The molecule has 2 heterocycles. The topological polar surface area (TPSA) is 62.5 Å². The van der Waals surface area contributed by atoms with E-state index in [-0.39, 0.29) is 0 Å². The van der Waals surface area contributed by atoms with E-state index < -0.39 is 5.91 Å². The summed E-state index contributed by atoms with van der Waals surface area (Å²) in [6.45, 7) is 3.15. The van der Waals surface area contributed by atoms with E-state index >= 15 is 0 Å². The van der Waals surface area contributed by atoms with Crippen molar-refractivity contribution in [3.63, 3.8) is 0 Å². The number of hydrogen-bond acceptors (Lipinski definition) is 4. The Labute approximate surface area is 118 Å². The van der Waals surface area contributed by atoms with E-state index in [0.717, 1.165) is 19.6 Å². The molecule has 104 valence electrons. The van der Waals surface area contributed by atoms with Crippen molar-refractivity contribution in [2.24, 2.45) is 11.7 Å². The van der Waals surface area contributed by atoms with Crippen molar-refractivity contribution in [1.29, 1.82) is 0 Å². The summed E-state index contributed by atoms with van der Waals surface area (Å²) in [5.74, 6) is 0.811. The van der Waals surface area contributed by atoms with Crippen LogP contribution >= 0.6 is 11.6 Å². The Bertz CT molecular complexity index is 480. The predicted octanol–water partition coefficient (Wildman–Crippen LogP) is 1.22. The fourth-order valence-electron chi connectivity index (χ4n) is 2.50. The summed E-state index contributed by atoms with van der Waals surface area (Å²) in [5.41, 5.74) is 5.54. The molecule has 0 radical (unpaired) electrons. The number of carbonyl (C=O) groups excluding carboxylic acids is 1. The number of rotatable bonds is 4. The molecule has 0 aliphatic carbocycles. The van der Waals surface area contributed by atoms with Gasteiger partial charge in [0.05, 0.1) is 10.6 Å². The molecule has 19 heavy (non-hydrogen) atoms. The standard InChI is InChI=1S/C13H19ClN4O/c1-17-4-3-9(7-17)8-18(2)13-11(14)5-10(6-16-13)12(15)19/h5-6,9H,3-4,7-8H2,1-2H3,(H2,15,19). The minimum Gasteiger partial charge on any atom is -0.366 e. The van der Waals surface area contributed by atoms with Gasteiger partial charge in [-0.25, -0.2) is 4.98 Å². The number of pyridine rings is 1. The van der Waals surface area contributed by atoms with Crippen LogP contribution in [0.5, 0.6) is 0 Å². The Morgan fingerprint density at radius 3 is 2.95 bits per heavy atom. The highest BCUT2D eigenvalue weighted by Gasteiger charge is 2.22. The highest BCUT2D eigenvalue weighted by molar-refractivity contribution is 6.33. The van der Waals surface area contributed by atoms with Gasteiger partial charge in [0.2, 0.25) is 5.91 Å². The van der Waals surface area contributed by atoms with Crippen LogP contribution in [-0.2, 0) is 0 Å². The molecule has 1 unspecified atom stereocenters. The molecular weight excluding hydrogens is 264 g/mol. The Balaban J connectivity index is 2.06. The smallest absolute Gasteiger partial charge is 0.250 e. The van der Waals surface area contributed by atoms with E-state index in [1.807, 2.05) is 11.9 Å². The largest absolute Gasteiger partial charge is 0.366 e. The number of nitrogens with zero attached hydrogens (tertiary/aromatic N) is 3. The summed E-state index contributed by atoms with van der Waals surface area (Å²) in [6, 6.07) is 1.57. The van der Waals surface area contributed by atoms with Gasteiger partial charge in [-0.1, -0.05) is 11.6 Å². The second kappa shape index (κ2) is 5.75. The van der Waals surface area contributed by atoms with Crippen molar-refractivity contribution in [3.8, 4) is 0 Å². The van der Waals surface area contributed by atoms with Crippen molar-refractivity contribution in [2.45, 2.75) is 6.42 Å². The van der Waals surface area contributed by atoms with E-state index in [1.54, 1.807) is 6.07 Å². The quantitative estimate of drug-likeness (QED) is 0.902. The van der Waals surface area contributed by atoms with Crippen LogP contribution in [0.1, 0.15) is 16.8 Å². The Hall–Kier alpha value is -1.33. The number of likely N-dealkylation sites (tertiary alicyclic amines) is 1. The SMILES string of the molecule is CN1CCC(CN(C)c2ncc(C(N)=O)cc2Cl)C1. The molecule has 1 aliphatic rings. The number of nitrogens with two attached hydrogens (primary N) is 1. The fraction of sp³-hybridized carbons (Fsp3) is 0.538. The maximum Gasteiger partial charge on any atom is 0.250 e. The average Bonchev–Trinajstić information content (AvgIpc) is 2.74. The first-order chi connectivity index (χ1) is 8.97. The molecule has 6 heteroatoms. The lowest BCUT2D eigenvalue weighted by Crippen LogP contribution is -2.28. The third-order valence-corrected chi connectivity index (χ3v) is 3.77. The van der Waals surface area contributed by atoms with Crippen LogP contribution in [0, 0.1) is 5.92 Å². The fourth-order valence-corrected chi connectivity index (χ4v) is 2.81. The maximum atomic E-state index is 11.1. The summed E-state index contributed by atoms with van der Waals surface area (Å²) >= 11 is 6.16. The van der Waals surface area contributed by atoms with E-state index in [2.05, 4.69) is 16.9 Å². The van der Waals surface area contributed by atoms with E-state index in [1.165, 1.54) is 12.6 Å². The predicted molar refractivity (Wildman–Crippen MR) is 76.6 cm³/mol. The number of amides is 1. The zero-order valence-corrected chi connectivity index (χ0v) is 12.0. The molecule has 0 spiro atoms. The summed E-state index contributed by atoms with van der Waals surface area (Å²) in [7, 11) is 4.10. The number of halogens is 1. The third-order valence-electron chi connectivity index (χ3n) is 3.49. The van der Waals surface area contributed by atoms with Gasteiger partial charge in [-0.2, -0.15) is 0 Å². The normalized spacial score (nSPS) is 19.6. The first-order valence-corrected chi connectivity index (χ1v) is 6.70. The van der Waals surface area contributed by atoms with Crippen LogP contribution in [0.15, 0.2) is 12.3 Å². The first-order valence-electron chi connectivity index (χ1n) is 6.32. The molecule has 1 aliphatic heterocycles. The van der Waals surface area contributed by atoms with Gasteiger partial charge in [0.1, 0.15) is 5.82 Å². The summed E-state index contributed by atoms with van der Waals surface area (Å²) in [5, 5.41) is 0.463. The van der Waals surface area contributed by atoms with Gasteiger partial charge < -0.3 is 15.5 Å². The van der Waals surface area contributed by atoms with Gasteiger partial charge in [-0.15, -0.1) is 0 Å². The number of hydrogen-bond donors (Lipinski definition) is 1.